The third-order valence-corrected chi connectivity index (χ3v) is 3.73. The van der Waals surface area contributed by atoms with E-state index in [1.807, 2.05) is 26.0 Å². The van der Waals surface area contributed by atoms with Crippen LogP contribution in [0, 0.1) is 6.92 Å². The number of benzene rings is 2. The Kier molecular flexibility index (Phi) is 4.37. The van der Waals surface area contributed by atoms with Crippen LogP contribution in [0.25, 0.3) is 0 Å². The predicted octanol–water partition coefficient (Wildman–Crippen LogP) is 2.97. The molecule has 0 spiro atoms. The number of carbonyl (C=O) groups excluding carboxylic acids is 1. The topological polar surface area (TPSA) is 80.2 Å². The lowest BCUT2D eigenvalue weighted by Gasteiger charge is -2.08. The van der Waals surface area contributed by atoms with Gasteiger partial charge in [-0.05, 0) is 43.7 Å². The van der Waals surface area contributed by atoms with Gasteiger partial charge in [-0.15, -0.1) is 0 Å². The van der Waals surface area contributed by atoms with Crippen LogP contribution < -0.4 is 14.9 Å². The van der Waals surface area contributed by atoms with Crippen molar-refractivity contribution in [2.45, 2.75) is 20.3 Å². The Morgan fingerprint density at radius 2 is 2.00 bits per heavy atom. The third kappa shape index (κ3) is 3.17. The first-order chi connectivity index (χ1) is 11.6. The monoisotopic (exact) mass is 326 g/mol. The number of nitrogens with zero attached hydrogens (tertiary/aromatic N) is 1. The first kappa shape index (κ1) is 15.9. The number of ether oxygens (including phenoxy) is 2. The van der Waals surface area contributed by atoms with E-state index in [1.54, 1.807) is 24.3 Å². The molecule has 0 saturated heterocycles. The Balaban J connectivity index is 1.80. The number of carbonyl (C=O) groups is 1. The van der Waals surface area contributed by atoms with Gasteiger partial charge in [0.15, 0.2) is 11.5 Å². The molecule has 1 heterocycles. The highest BCUT2D eigenvalue weighted by Crippen LogP contribution is 2.32. The first-order valence-electron chi connectivity index (χ1n) is 7.65. The van der Waals surface area contributed by atoms with Crippen LogP contribution in [0.15, 0.2) is 41.5 Å². The van der Waals surface area contributed by atoms with Crippen molar-refractivity contribution in [1.82, 2.24) is 5.43 Å². The third-order valence-electron chi connectivity index (χ3n) is 3.73. The van der Waals surface area contributed by atoms with Gasteiger partial charge in [0.05, 0.1) is 5.71 Å². The van der Waals surface area contributed by atoms with E-state index in [1.165, 1.54) is 0 Å². The van der Waals surface area contributed by atoms with E-state index in [2.05, 4.69) is 10.5 Å². The standard InChI is InChI=1S/C18H18N2O4/c1-3-14(13-8-11(2)4-6-15(13)21)19-20-18(22)12-5-7-16-17(9-12)24-10-23-16/h4-9,21H,3,10H2,1-2H3,(H,20,22)/b19-14+. The van der Waals surface area contributed by atoms with Crippen LogP contribution in [-0.4, -0.2) is 23.5 Å². The van der Waals surface area contributed by atoms with Gasteiger partial charge in [-0.2, -0.15) is 5.10 Å². The number of fused-ring (bicyclic) bond motifs is 1. The molecule has 0 bridgehead atoms. The molecule has 24 heavy (non-hydrogen) atoms. The first-order valence-corrected chi connectivity index (χ1v) is 7.65. The summed E-state index contributed by atoms with van der Waals surface area (Å²) in [4.78, 5) is 12.3. The molecule has 0 atom stereocenters. The number of hydrazone groups is 1. The van der Waals surface area contributed by atoms with Gasteiger partial charge in [-0.25, -0.2) is 5.43 Å². The zero-order valence-electron chi connectivity index (χ0n) is 13.5. The summed E-state index contributed by atoms with van der Waals surface area (Å²) in [7, 11) is 0. The molecular formula is C18H18N2O4. The maximum atomic E-state index is 12.3. The lowest BCUT2D eigenvalue weighted by atomic mass is 10.0. The highest BCUT2D eigenvalue weighted by Gasteiger charge is 2.16. The second-order valence-corrected chi connectivity index (χ2v) is 5.44. The van der Waals surface area contributed by atoms with Gasteiger partial charge in [0.1, 0.15) is 5.75 Å². The molecule has 124 valence electrons. The minimum Gasteiger partial charge on any atom is -0.507 e. The molecule has 6 heteroatoms. The molecule has 3 rings (SSSR count). The van der Waals surface area contributed by atoms with Crippen molar-refractivity contribution in [3.05, 3.63) is 53.1 Å². The van der Waals surface area contributed by atoms with Crippen molar-refractivity contribution in [3.8, 4) is 17.2 Å². The molecule has 1 aliphatic rings. The van der Waals surface area contributed by atoms with E-state index >= 15 is 0 Å². The molecule has 0 aliphatic carbocycles. The van der Waals surface area contributed by atoms with E-state index in [0.717, 1.165) is 5.56 Å². The number of phenolic OH excluding ortho intramolecular Hbond substituents is 1. The number of aryl methyl sites for hydroxylation is 1. The number of hydrogen-bond acceptors (Lipinski definition) is 5. The van der Waals surface area contributed by atoms with Gasteiger partial charge in [-0.1, -0.05) is 18.6 Å². The molecule has 0 fully saturated rings. The van der Waals surface area contributed by atoms with E-state index in [9.17, 15) is 9.90 Å². The lowest BCUT2D eigenvalue weighted by molar-refractivity contribution is 0.0954. The fraction of sp³-hybridized carbons (Fsp3) is 0.222. The van der Waals surface area contributed by atoms with E-state index < -0.39 is 0 Å². The second-order valence-electron chi connectivity index (χ2n) is 5.44. The SMILES string of the molecule is CC/C(=N\NC(=O)c1ccc2c(c1)OCO2)c1cc(C)ccc1O. The Labute approximate surface area is 139 Å². The minimum absolute atomic E-state index is 0.138. The molecule has 2 aromatic rings. The average molecular weight is 326 g/mol. The molecule has 0 unspecified atom stereocenters. The summed E-state index contributed by atoms with van der Waals surface area (Å²) in [5.74, 6) is 0.942. The zero-order valence-corrected chi connectivity index (χ0v) is 13.5. The highest BCUT2D eigenvalue weighted by molar-refractivity contribution is 6.04. The maximum absolute atomic E-state index is 12.3. The normalized spacial score (nSPS) is 13.0. The van der Waals surface area contributed by atoms with Gasteiger partial charge in [0, 0.05) is 11.1 Å². The van der Waals surface area contributed by atoms with E-state index in [0.29, 0.717) is 34.8 Å². The highest BCUT2D eigenvalue weighted by atomic mass is 16.7. The summed E-state index contributed by atoms with van der Waals surface area (Å²) in [6, 6.07) is 10.2. The van der Waals surface area contributed by atoms with Gasteiger partial charge in [0.25, 0.3) is 5.91 Å². The van der Waals surface area contributed by atoms with Crippen LogP contribution in [0.3, 0.4) is 0 Å². The van der Waals surface area contributed by atoms with Crippen LogP contribution in [0.5, 0.6) is 17.2 Å². The fourth-order valence-electron chi connectivity index (χ4n) is 2.43. The molecule has 2 N–H and O–H groups in total. The average Bonchev–Trinajstić information content (AvgIpc) is 3.05. The predicted molar refractivity (Wildman–Crippen MR) is 89.7 cm³/mol. The van der Waals surface area contributed by atoms with Crippen molar-refractivity contribution in [2.75, 3.05) is 6.79 Å². The molecule has 0 radical (unpaired) electrons. The Hall–Kier alpha value is -3.02. The van der Waals surface area contributed by atoms with Gasteiger partial charge in [0.2, 0.25) is 6.79 Å². The van der Waals surface area contributed by atoms with Crippen molar-refractivity contribution < 1.29 is 19.4 Å². The smallest absolute Gasteiger partial charge is 0.271 e. The summed E-state index contributed by atoms with van der Waals surface area (Å²) in [6.07, 6.45) is 0.568. The van der Waals surface area contributed by atoms with Gasteiger partial charge >= 0.3 is 0 Å². The van der Waals surface area contributed by atoms with Crippen molar-refractivity contribution in [3.63, 3.8) is 0 Å². The zero-order chi connectivity index (χ0) is 17.1. The summed E-state index contributed by atoms with van der Waals surface area (Å²) in [6.45, 7) is 4.00. The number of rotatable bonds is 4. The van der Waals surface area contributed by atoms with Gasteiger partial charge < -0.3 is 14.6 Å². The van der Waals surface area contributed by atoms with Crippen LogP contribution in [0.4, 0.5) is 0 Å². The minimum atomic E-state index is -0.355. The maximum Gasteiger partial charge on any atom is 0.271 e. The number of phenols is 1. The van der Waals surface area contributed by atoms with E-state index in [-0.39, 0.29) is 18.4 Å². The summed E-state index contributed by atoms with van der Waals surface area (Å²) >= 11 is 0. The number of nitrogens with one attached hydrogen (secondary N) is 1. The van der Waals surface area contributed by atoms with Crippen LogP contribution >= 0.6 is 0 Å². The largest absolute Gasteiger partial charge is 0.507 e. The van der Waals surface area contributed by atoms with E-state index in [4.69, 9.17) is 9.47 Å². The summed E-state index contributed by atoms with van der Waals surface area (Å²) in [5, 5.41) is 14.2. The Bertz CT molecular complexity index is 815. The Morgan fingerprint density at radius 1 is 1.21 bits per heavy atom. The molecule has 1 amide bonds. The fourth-order valence-corrected chi connectivity index (χ4v) is 2.43. The van der Waals surface area contributed by atoms with Crippen molar-refractivity contribution in [2.24, 2.45) is 5.10 Å². The summed E-state index contributed by atoms with van der Waals surface area (Å²) < 4.78 is 10.5. The number of hydrogen-bond donors (Lipinski definition) is 2. The van der Waals surface area contributed by atoms with Crippen LogP contribution in [-0.2, 0) is 0 Å². The van der Waals surface area contributed by atoms with Crippen LogP contribution in [0.1, 0.15) is 34.8 Å². The Morgan fingerprint density at radius 3 is 2.79 bits per heavy atom. The molecule has 2 aromatic carbocycles. The molecule has 0 aromatic heterocycles. The second kappa shape index (κ2) is 6.62. The number of amides is 1. The van der Waals surface area contributed by atoms with Crippen molar-refractivity contribution >= 4 is 11.6 Å². The molecule has 1 aliphatic heterocycles. The van der Waals surface area contributed by atoms with Crippen LogP contribution in [0.2, 0.25) is 0 Å². The molecule has 0 saturated carbocycles. The molecular weight excluding hydrogens is 308 g/mol. The lowest BCUT2D eigenvalue weighted by Crippen LogP contribution is -2.20. The summed E-state index contributed by atoms with van der Waals surface area (Å²) in [5.41, 5.74) is 5.17. The quantitative estimate of drug-likeness (QED) is 0.668. The number of aromatic hydroxyl groups is 1. The molecule has 6 nitrogen and oxygen atoms in total. The van der Waals surface area contributed by atoms with Gasteiger partial charge in [-0.3, -0.25) is 4.79 Å². The van der Waals surface area contributed by atoms with Crippen molar-refractivity contribution in [1.29, 1.82) is 0 Å².